The summed E-state index contributed by atoms with van der Waals surface area (Å²) in [6.07, 6.45) is 12.8. The number of amides is 2. The van der Waals surface area contributed by atoms with E-state index in [0.717, 1.165) is 18.4 Å². The Balaban J connectivity index is 1.64. The third-order valence-electron chi connectivity index (χ3n) is 5.39. The summed E-state index contributed by atoms with van der Waals surface area (Å²) in [7, 11) is 3.63. The Labute approximate surface area is 149 Å². The standard InChI is InChI=1S/C19H28N4O2/c1-22-13-15(12-21-22)18-16(8-9-17(24)23(18)2)19(25)20-11-10-14-6-4-3-5-7-14/h6,12-13,16,18H,3-5,7-11H2,1-2H3,(H,20,25). The van der Waals surface area contributed by atoms with Crippen LogP contribution in [0.3, 0.4) is 0 Å². The van der Waals surface area contributed by atoms with Gasteiger partial charge in [0.15, 0.2) is 0 Å². The Kier molecular flexibility index (Phi) is 5.56. The monoisotopic (exact) mass is 344 g/mol. The number of likely N-dealkylation sites (tertiary alicyclic amines) is 1. The Morgan fingerprint density at radius 1 is 1.32 bits per heavy atom. The molecule has 2 heterocycles. The molecule has 1 fully saturated rings. The fourth-order valence-corrected chi connectivity index (χ4v) is 3.97. The largest absolute Gasteiger partial charge is 0.355 e. The van der Waals surface area contributed by atoms with Crippen molar-refractivity contribution in [1.29, 1.82) is 0 Å². The van der Waals surface area contributed by atoms with Crippen molar-refractivity contribution < 1.29 is 9.59 Å². The molecule has 0 saturated carbocycles. The lowest BCUT2D eigenvalue weighted by atomic mass is 9.85. The first kappa shape index (κ1) is 17.7. The maximum atomic E-state index is 12.8. The van der Waals surface area contributed by atoms with Crippen molar-refractivity contribution in [2.75, 3.05) is 13.6 Å². The zero-order chi connectivity index (χ0) is 17.8. The molecule has 6 nitrogen and oxygen atoms in total. The smallest absolute Gasteiger partial charge is 0.225 e. The van der Waals surface area contributed by atoms with Gasteiger partial charge in [0.1, 0.15) is 0 Å². The van der Waals surface area contributed by atoms with Gasteiger partial charge in [0.25, 0.3) is 0 Å². The minimum Gasteiger partial charge on any atom is -0.355 e. The van der Waals surface area contributed by atoms with Crippen LogP contribution in [-0.4, -0.2) is 40.1 Å². The number of nitrogens with one attached hydrogen (secondary N) is 1. The summed E-state index contributed by atoms with van der Waals surface area (Å²) >= 11 is 0. The van der Waals surface area contributed by atoms with Crippen molar-refractivity contribution >= 4 is 11.8 Å². The zero-order valence-electron chi connectivity index (χ0n) is 15.2. The maximum absolute atomic E-state index is 12.8. The lowest BCUT2D eigenvalue weighted by molar-refractivity contribution is -0.141. The molecule has 6 heteroatoms. The first-order chi connectivity index (χ1) is 12.1. The number of aromatic nitrogens is 2. The average Bonchev–Trinajstić information content (AvgIpc) is 3.04. The van der Waals surface area contributed by atoms with Crippen LogP contribution < -0.4 is 5.32 Å². The van der Waals surface area contributed by atoms with Gasteiger partial charge in [-0.15, -0.1) is 0 Å². The summed E-state index contributed by atoms with van der Waals surface area (Å²) in [5.74, 6) is -0.0814. The fourth-order valence-electron chi connectivity index (χ4n) is 3.97. The molecule has 0 radical (unpaired) electrons. The van der Waals surface area contributed by atoms with Crippen LogP contribution in [0, 0.1) is 5.92 Å². The number of piperidine rings is 1. The SMILES string of the molecule is CN1C(=O)CCC(C(=O)NCCC2=CCCCC2)C1c1cnn(C)c1. The van der Waals surface area contributed by atoms with E-state index in [9.17, 15) is 9.59 Å². The van der Waals surface area contributed by atoms with Crippen LogP contribution in [0.1, 0.15) is 56.6 Å². The van der Waals surface area contributed by atoms with Crippen LogP contribution in [0.5, 0.6) is 0 Å². The van der Waals surface area contributed by atoms with Crippen molar-refractivity contribution in [2.24, 2.45) is 13.0 Å². The molecule has 0 spiro atoms. The van der Waals surface area contributed by atoms with Gasteiger partial charge >= 0.3 is 0 Å². The molecular formula is C19H28N4O2. The normalized spacial score (nSPS) is 24.2. The van der Waals surface area contributed by atoms with E-state index in [2.05, 4.69) is 16.5 Å². The highest BCUT2D eigenvalue weighted by Gasteiger charge is 2.39. The molecule has 2 atom stereocenters. The van der Waals surface area contributed by atoms with E-state index in [1.54, 1.807) is 22.8 Å². The molecule has 1 saturated heterocycles. The van der Waals surface area contributed by atoms with Gasteiger partial charge in [-0.3, -0.25) is 14.3 Å². The number of nitrogens with zero attached hydrogens (tertiary/aromatic N) is 3. The summed E-state index contributed by atoms with van der Waals surface area (Å²) in [6.45, 7) is 0.679. The molecule has 2 amide bonds. The van der Waals surface area contributed by atoms with Crippen LogP contribution in [0.25, 0.3) is 0 Å². The van der Waals surface area contributed by atoms with Gasteiger partial charge in [0, 0.05) is 38.8 Å². The molecule has 1 aliphatic carbocycles. The Morgan fingerprint density at radius 2 is 2.16 bits per heavy atom. The second kappa shape index (κ2) is 7.85. The number of carbonyl (C=O) groups excluding carboxylic acids is 2. The molecule has 1 aromatic rings. The van der Waals surface area contributed by atoms with Gasteiger partial charge in [0.2, 0.25) is 11.8 Å². The first-order valence-corrected chi connectivity index (χ1v) is 9.26. The molecule has 3 rings (SSSR count). The molecule has 2 aliphatic rings. The van der Waals surface area contributed by atoms with Crippen molar-refractivity contribution in [1.82, 2.24) is 20.0 Å². The molecular weight excluding hydrogens is 316 g/mol. The van der Waals surface area contributed by atoms with E-state index in [0.29, 0.717) is 19.4 Å². The second-order valence-corrected chi connectivity index (χ2v) is 7.19. The Hall–Kier alpha value is -2.11. The Morgan fingerprint density at radius 3 is 2.84 bits per heavy atom. The topological polar surface area (TPSA) is 67.2 Å². The van der Waals surface area contributed by atoms with E-state index in [1.807, 2.05) is 13.2 Å². The van der Waals surface area contributed by atoms with E-state index in [4.69, 9.17) is 0 Å². The molecule has 136 valence electrons. The zero-order valence-corrected chi connectivity index (χ0v) is 15.2. The summed E-state index contributed by atoms with van der Waals surface area (Å²) in [5, 5.41) is 7.30. The molecule has 0 bridgehead atoms. The highest BCUT2D eigenvalue weighted by molar-refractivity contribution is 5.84. The van der Waals surface area contributed by atoms with Crippen molar-refractivity contribution in [2.45, 2.75) is 51.0 Å². The molecule has 0 aromatic carbocycles. The van der Waals surface area contributed by atoms with Crippen LogP contribution in [0.15, 0.2) is 24.0 Å². The number of hydrogen-bond acceptors (Lipinski definition) is 3. The minimum atomic E-state index is -0.233. The van der Waals surface area contributed by atoms with E-state index < -0.39 is 0 Å². The van der Waals surface area contributed by atoms with Crippen LogP contribution in [0.4, 0.5) is 0 Å². The quantitative estimate of drug-likeness (QED) is 0.834. The van der Waals surface area contributed by atoms with Gasteiger partial charge in [-0.25, -0.2) is 0 Å². The predicted molar refractivity (Wildman–Crippen MR) is 95.6 cm³/mol. The van der Waals surface area contributed by atoms with Gasteiger partial charge in [-0.05, 0) is 38.5 Å². The fraction of sp³-hybridized carbons (Fsp3) is 0.632. The molecule has 2 unspecified atom stereocenters. The van der Waals surface area contributed by atoms with Crippen molar-refractivity contribution in [3.63, 3.8) is 0 Å². The van der Waals surface area contributed by atoms with Crippen LogP contribution >= 0.6 is 0 Å². The Bertz CT molecular complexity index is 664. The van der Waals surface area contributed by atoms with E-state index >= 15 is 0 Å². The molecule has 1 aliphatic heterocycles. The van der Waals surface area contributed by atoms with Crippen LogP contribution in [-0.2, 0) is 16.6 Å². The number of allylic oxidation sites excluding steroid dienone is 1. The predicted octanol–water partition coefficient (Wildman–Crippen LogP) is 2.34. The lowest BCUT2D eigenvalue weighted by Crippen LogP contribution is -2.46. The number of aryl methyl sites for hydroxylation is 1. The third kappa shape index (κ3) is 4.11. The minimum absolute atomic E-state index is 0.0459. The molecule has 1 aromatic heterocycles. The lowest BCUT2D eigenvalue weighted by Gasteiger charge is -2.37. The summed E-state index contributed by atoms with van der Waals surface area (Å²) in [5.41, 5.74) is 2.39. The molecule has 25 heavy (non-hydrogen) atoms. The van der Waals surface area contributed by atoms with Crippen molar-refractivity contribution in [3.8, 4) is 0 Å². The summed E-state index contributed by atoms with van der Waals surface area (Å²) in [6, 6.07) is -0.233. The summed E-state index contributed by atoms with van der Waals surface area (Å²) < 4.78 is 1.72. The van der Waals surface area contributed by atoms with Crippen LogP contribution in [0.2, 0.25) is 0 Å². The highest BCUT2D eigenvalue weighted by Crippen LogP contribution is 2.35. The van der Waals surface area contributed by atoms with E-state index in [-0.39, 0.29) is 23.8 Å². The van der Waals surface area contributed by atoms with Gasteiger partial charge in [0.05, 0.1) is 18.2 Å². The second-order valence-electron chi connectivity index (χ2n) is 7.19. The third-order valence-corrected chi connectivity index (χ3v) is 5.39. The highest BCUT2D eigenvalue weighted by atomic mass is 16.2. The van der Waals surface area contributed by atoms with Gasteiger partial charge < -0.3 is 10.2 Å². The first-order valence-electron chi connectivity index (χ1n) is 9.26. The summed E-state index contributed by atoms with van der Waals surface area (Å²) in [4.78, 5) is 26.6. The molecule has 1 N–H and O–H groups in total. The number of carbonyl (C=O) groups is 2. The van der Waals surface area contributed by atoms with Gasteiger partial charge in [-0.2, -0.15) is 5.10 Å². The van der Waals surface area contributed by atoms with E-state index in [1.165, 1.54) is 24.8 Å². The number of rotatable bonds is 5. The maximum Gasteiger partial charge on any atom is 0.225 e. The average molecular weight is 344 g/mol. The number of hydrogen-bond donors (Lipinski definition) is 1. The van der Waals surface area contributed by atoms with Gasteiger partial charge in [-0.1, -0.05) is 11.6 Å². The van der Waals surface area contributed by atoms with Crippen molar-refractivity contribution in [3.05, 3.63) is 29.6 Å².